The fourth-order valence-corrected chi connectivity index (χ4v) is 4.58. The minimum atomic E-state index is 0.319. The van der Waals surface area contributed by atoms with Crippen LogP contribution in [0.3, 0.4) is 0 Å². The Bertz CT molecular complexity index is 785. The van der Waals surface area contributed by atoms with Gasteiger partial charge >= 0.3 is 117 Å². The van der Waals surface area contributed by atoms with E-state index < -0.39 is 0 Å². The van der Waals surface area contributed by atoms with Crippen LogP contribution in [-0.4, -0.2) is 24.9 Å². The molecule has 0 fully saturated rings. The Morgan fingerprint density at radius 1 is 0.632 bits per heavy atom. The van der Waals surface area contributed by atoms with Gasteiger partial charge in [-0.25, -0.2) is 0 Å². The van der Waals surface area contributed by atoms with Crippen molar-refractivity contribution in [3.05, 3.63) is 60.9 Å². The summed E-state index contributed by atoms with van der Waals surface area (Å²) < 4.78 is 2.82. The summed E-state index contributed by atoms with van der Waals surface area (Å²) in [6, 6.07) is 17.0. The van der Waals surface area contributed by atoms with E-state index in [-0.39, 0.29) is 0 Å². The van der Waals surface area contributed by atoms with Gasteiger partial charge in [0.2, 0.25) is 0 Å². The van der Waals surface area contributed by atoms with Gasteiger partial charge in [0.25, 0.3) is 0 Å². The number of aromatic nitrogens is 2. The van der Waals surface area contributed by atoms with E-state index >= 15 is 0 Å². The first-order valence-corrected chi connectivity index (χ1v) is 7.93. The zero-order valence-corrected chi connectivity index (χ0v) is 11.9. The molecule has 2 N–H and O–H groups in total. The van der Waals surface area contributed by atoms with Crippen molar-refractivity contribution < 1.29 is 0 Å². The van der Waals surface area contributed by atoms with Gasteiger partial charge in [-0.3, -0.25) is 0 Å². The van der Waals surface area contributed by atoms with Crippen LogP contribution in [0.2, 0.25) is 0 Å². The Morgan fingerprint density at radius 2 is 1.11 bits per heavy atom. The molecule has 0 saturated heterocycles. The van der Waals surface area contributed by atoms with Crippen molar-refractivity contribution in [2.45, 2.75) is 0 Å². The predicted octanol–water partition coefficient (Wildman–Crippen LogP) is 2.30. The maximum absolute atomic E-state index is 3.35. The number of aromatic amines is 2. The molecule has 0 radical (unpaired) electrons. The summed E-state index contributed by atoms with van der Waals surface area (Å²) in [5.74, 6) is 0. The summed E-state index contributed by atoms with van der Waals surface area (Å²) >= 11 is 0.319. The molecule has 0 aliphatic rings. The van der Waals surface area contributed by atoms with E-state index in [1.165, 1.54) is 30.7 Å². The molecule has 2 aromatic carbocycles. The molecule has 4 rings (SSSR count). The third-order valence-electron chi connectivity index (χ3n) is 3.32. The van der Waals surface area contributed by atoms with Crippen LogP contribution in [0.5, 0.6) is 0 Å². The summed E-state index contributed by atoms with van der Waals surface area (Å²) in [5.41, 5.74) is 2.44. The SMILES string of the molecule is c1ccc2c([Se]c3c[nH]c4ccccc34)c[nH]c2c1. The molecular weight excluding hydrogens is 299 g/mol. The van der Waals surface area contributed by atoms with Crippen molar-refractivity contribution in [2.75, 3.05) is 0 Å². The van der Waals surface area contributed by atoms with Crippen LogP contribution in [0.4, 0.5) is 0 Å². The molecule has 0 bridgehead atoms. The van der Waals surface area contributed by atoms with Gasteiger partial charge < -0.3 is 0 Å². The molecule has 2 aromatic heterocycles. The van der Waals surface area contributed by atoms with Gasteiger partial charge in [-0.2, -0.15) is 0 Å². The topological polar surface area (TPSA) is 31.6 Å². The number of fused-ring (bicyclic) bond motifs is 2. The minimum absolute atomic E-state index is 0.319. The maximum atomic E-state index is 3.35. The molecule has 3 heteroatoms. The quantitative estimate of drug-likeness (QED) is 0.533. The molecule has 0 aliphatic heterocycles. The van der Waals surface area contributed by atoms with Gasteiger partial charge in [0.15, 0.2) is 0 Å². The molecule has 0 aliphatic carbocycles. The van der Waals surface area contributed by atoms with Gasteiger partial charge in [-0.1, -0.05) is 0 Å². The molecule has 19 heavy (non-hydrogen) atoms. The standard InChI is InChI=1S/C16H12N2Se/c1-3-7-13-11(5-1)15(9-17-13)19-16-10-18-14-8-4-2-6-12(14)16/h1-10,17-18H. The Balaban J connectivity index is 1.82. The molecule has 4 aromatic rings. The molecule has 2 nitrogen and oxygen atoms in total. The van der Waals surface area contributed by atoms with Crippen LogP contribution < -0.4 is 8.92 Å². The van der Waals surface area contributed by atoms with Crippen molar-refractivity contribution in [2.24, 2.45) is 0 Å². The normalized spacial score (nSPS) is 11.4. The van der Waals surface area contributed by atoms with E-state index in [4.69, 9.17) is 0 Å². The zero-order chi connectivity index (χ0) is 12.7. The number of hydrogen-bond donors (Lipinski definition) is 2. The van der Waals surface area contributed by atoms with Gasteiger partial charge in [0, 0.05) is 0 Å². The average molecular weight is 311 g/mol. The second-order valence-electron chi connectivity index (χ2n) is 4.50. The van der Waals surface area contributed by atoms with Gasteiger partial charge in [-0.15, -0.1) is 0 Å². The van der Waals surface area contributed by atoms with E-state index in [1.54, 1.807) is 0 Å². The van der Waals surface area contributed by atoms with E-state index in [9.17, 15) is 0 Å². The van der Waals surface area contributed by atoms with Crippen molar-refractivity contribution in [3.63, 3.8) is 0 Å². The summed E-state index contributed by atoms with van der Waals surface area (Å²) in [7, 11) is 0. The monoisotopic (exact) mass is 312 g/mol. The summed E-state index contributed by atoms with van der Waals surface area (Å²) in [6.07, 6.45) is 4.29. The van der Waals surface area contributed by atoms with Crippen molar-refractivity contribution in [1.82, 2.24) is 9.97 Å². The van der Waals surface area contributed by atoms with Crippen molar-refractivity contribution >= 4 is 45.7 Å². The van der Waals surface area contributed by atoms with Gasteiger partial charge in [0.1, 0.15) is 0 Å². The van der Waals surface area contributed by atoms with E-state index in [0.717, 1.165) is 0 Å². The van der Waals surface area contributed by atoms with Gasteiger partial charge in [0.05, 0.1) is 0 Å². The van der Waals surface area contributed by atoms with E-state index in [2.05, 4.69) is 70.9 Å². The molecule has 0 spiro atoms. The van der Waals surface area contributed by atoms with Crippen LogP contribution >= 0.6 is 0 Å². The molecular formula is C16H12N2Se. The average Bonchev–Trinajstić information content (AvgIpc) is 3.05. The first-order chi connectivity index (χ1) is 9.42. The second kappa shape index (κ2) is 4.30. The third kappa shape index (κ3) is 1.79. The van der Waals surface area contributed by atoms with E-state index in [1.807, 2.05) is 0 Å². The molecule has 0 saturated carbocycles. The second-order valence-corrected chi connectivity index (χ2v) is 6.77. The third-order valence-corrected chi connectivity index (χ3v) is 5.66. The number of para-hydroxylation sites is 2. The van der Waals surface area contributed by atoms with Crippen LogP contribution in [0.1, 0.15) is 0 Å². The Hall–Kier alpha value is -1.96. The van der Waals surface area contributed by atoms with Gasteiger partial charge in [-0.05, 0) is 0 Å². The number of H-pyrrole nitrogens is 2. The molecule has 0 amide bonds. The molecule has 0 unspecified atom stereocenters. The fraction of sp³-hybridized carbons (Fsp3) is 0. The van der Waals surface area contributed by atoms with Crippen LogP contribution in [0.15, 0.2) is 60.9 Å². The van der Waals surface area contributed by atoms with Crippen LogP contribution in [0.25, 0.3) is 21.8 Å². The molecule has 0 atom stereocenters. The Kier molecular flexibility index (Phi) is 2.47. The zero-order valence-electron chi connectivity index (χ0n) is 10.2. The number of nitrogens with one attached hydrogen (secondary N) is 2. The Morgan fingerprint density at radius 3 is 1.63 bits per heavy atom. The first-order valence-electron chi connectivity index (χ1n) is 6.22. The summed E-state index contributed by atoms with van der Waals surface area (Å²) in [4.78, 5) is 6.71. The van der Waals surface area contributed by atoms with Crippen molar-refractivity contribution in [3.8, 4) is 0 Å². The van der Waals surface area contributed by atoms with Crippen LogP contribution in [0, 0.1) is 0 Å². The fourth-order valence-electron chi connectivity index (χ4n) is 2.38. The molecule has 2 heterocycles. The van der Waals surface area contributed by atoms with Crippen LogP contribution in [-0.2, 0) is 0 Å². The van der Waals surface area contributed by atoms with E-state index in [0.29, 0.717) is 15.0 Å². The summed E-state index contributed by atoms with van der Waals surface area (Å²) in [6.45, 7) is 0. The van der Waals surface area contributed by atoms with Crippen molar-refractivity contribution in [1.29, 1.82) is 0 Å². The number of benzene rings is 2. The number of rotatable bonds is 2. The summed E-state index contributed by atoms with van der Waals surface area (Å²) in [5, 5.41) is 2.68. The first kappa shape index (κ1) is 10.9. The Labute approximate surface area is 117 Å². The predicted molar refractivity (Wildman–Crippen MR) is 81.6 cm³/mol. The molecule has 92 valence electrons. The number of hydrogen-bond acceptors (Lipinski definition) is 0.